The molecule has 0 aromatic rings. The summed E-state index contributed by atoms with van der Waals surface area (Å²) in [5.74, 6) is 2.14. The van der Waals surface area contributed by atoms with Gasteiger partial charge in [0.2, 0.25) is 5.91 Å². The Kier molecular flexibility index (Phi) is 9.32. The second-order valence-electron chi connectivity index (χ2n) is 2.23. The fourth-order valence-electron chi connectivity index (χ4n) is 0.530. The molecule has 2 N–H and O–H groups in total. The van der Waals surface area contributed by atoms with Crippen LogP contribution in [0.25, 0.3) is 0 Å². The molecule has 0 bridgehead atoms. The highest BCUT2D eigenvalue weighted by Gasteiger charge is 1.91. The van der Waals surface area contributed by atoms with E-state index in [4.69, 9.17) is 0 Å². The molecule has 0 saturated heterocycles. The third-order valence-electron chi connectivity index (χ3n) is 1.08. The van der Waals surface area contributed by atoms with Gasteiger partial charge in [0.15, 0.2) is 0 Å². The van der Waals surface area contributed by atoms with E-state index in [2.05, 4.69) is 10.6 Å². The Morgan fingerprint density at radius 1 is 1.25 bits per heavy atom. The van der Waals surface area contributed by atoms with Crippen LogP contribution in [-0.4, -0.2) is 37.6 Å². The van der Waals surface area contributed by atoms with Gasteiger partial charge >= 0.3 is 0 Å². The summed E-state index contributed by atoms with van der Waals surface area (Å²) in [6.45, 7) is 3.35. The summed E-state index contributed by atoms with van der Waals surface area (Å²) in [6, 6.07) is 0. The Hall–Kier alpha value is 0.130. The molecule has 0 atom stereocenters. The van der Waals surface area contributed by atoms with E-state index < -0.39 is 0 Å². The van der Waals surface area contributed by atoms with Crippen molar-refractivity contribution in [1.82, 2.24) is 10.6 Å². The molecule has 0 aliphatic rings. The van der Waals surface area contributed by atoms with Crippen LogP contribution in [0.1, 0.15) is 6.92 Å². The monoisotopic (exact) mass is 208 g/mol. The van der Waals surface area contributed by atoms with E-state index in [-0.39, 0.29) is 5.91 Å². The van der Waals surface area contributed by atoms with Crippen LogP contribution in [0.2, 0.25) is 0 Å². The predicted octanol–water partition coefficient (Wildman–Crippen LogP) is 0.723. The van der Waals surface area contributed by atoms with Gasteiger partial charge in [0.25, 0.3) is 0 Å². The molecule has 0 aliphatic heterocycles. The van der Waals surface area contributed by atoms with Crippen LogP contribution in [0.4, 0.5) is 0 Å². The highest BCUT2D eigenvalue weighted by atomic mass is 33.1. The summed E-state index contributed by atoms with van der Waals surface area (Å²) in [7, 11) is 5.58. The number of hydrogen-bond acceptors (Lipinski definition) is 4. The molecular formula is C7H16N2OS2. The van der Waals surface area contributed by atoms with Gasteiger partial charge in [-0.15, -0.1) is 0 Å². The summed E-state index contributed by atoms with van der Waals surface area (Å²) in [4.78, 5) is 10.4. The van der Waals surface area contributed by atoms with Gasteiger partial charge in [-0.05, 0) is 7.05 Å². The lowest BCUT2D eigenvalue weighted by Gasteiger charge is -2.01. The molecule has 0 heterocycles. The molecule has 0 aromatic carbocycles. The standard InChI is InChI=1S/C7H16N2OS2/c1-7(10)9-4-6-12-11-5-3-8-2/h8H,3-6H2,1-2H3,(H,9,10). The van der Waals surface area contributed by atoms with Crippen molar-refractivity contribution >= 4 is 27.5 Å². The van der Waals surface area contributed by atoms with Crippen molar-refractivity contribution in [3.63, 3.8) is 0 Å². The maximum Gasteiger partial charge on any atom is 0.216 e. The van der Waals surface area contributed by atoms with Gasteiger partial charge in [-0.3, -0.25) is 4.79 Å². The lowest BCUT2D eigenvalue weighted by atomic mass is 10.6. The maximum absolute atomic E-state index is 10.4. The quantitative estimate of drug-likeness (QED) is 0.478. The highest BCUT2D eigenvalue weighted by molar-refractivity contribution is 8.76. The van der Waals surface area contributed by atoms with Gasteiger partial charge < -0.3 is 10.6 Å². The Bertz CT molecular complexity index is 122. The third kappa shape index (κ3) is 10.1. The van der Waals surface area contributed by atoms with Crippen molar-refractivity contribution in [3.8, 4) is 0 Å². The lowest BCUT2D eigenvalue weighted by Crippen LogP contribution is -2.22. The SMILES string of the molecule is CNCCSSCCNC(C)=O. The van der Waals surface area contributed by atoms with Crippen LogP contribution in [0.15, 0.2) is 0 Å². The first kappa shape index (κ1) is 12.1. The van der Waals surface area contributed by atoms with Crippen molar-refractivity contribution in [2.24, 2.45) is 0 Å². The first-order chi connectivity index (χ1) is 5.77. The molecule has 3 nitrogen and oxygen atoms in total. The predicted molar refractivity (Wildman–Crippen MR) is 57.5 cm³/mol. The molecule has 0 unspecified atom stereocenters. The van der Waals surface area contributed by atoms with Crippen molar-refractivity contribution in [2.45, 2.75) is 6.92 Å². The van der Waals surface area contributed by atoms with Crippen molar-refractivity contribution in [2.75, 3.05) is 31.6 Å². The van der Waals surface area contributed by atoms with Gasteiger partial charge in [-0.1, -0.05) is 21.6 Å². The van der Waals surface area contributed by atoms with Gasteiger partial charge in [0.1, 0.15) is 0 Å². The Balaban J connectivity index is 2.86. The largest absolute Gasteiger partial charge is 0.355 e. The van der Waals surface area contributed by atoms with Crippen LogP contribution in [0.5, 0.6) is 0 Å². The molecule has 0 aromatic heterocycles. The van der Waals surface area contributed by atoms with Gasteiger partial charge in [0, 0.05) is 31.5 Å². The molecule has 1 amide bonds. The Morgan fingerprint density at radius 2 is 1.83 bits per heavy atom. The minimum Gasteiger partial charge on any atom is -0.355 e. The summed E-state index contributed by atoms with van der Waals surface area (Å²) in [6.07, 6.45) is 0. The van der Waals surface area contributed by atoms with E-state index in [1.165, 1.54) is 0 Å². The molecule has 5 heteroatoms. The summed E-state index contributed by atoms with van der Waals surface area (Å²) < 4.78 is 0. The maximum atomic E-state index is 10.4. The Morgan fingerprint density at radius 3 is 2.33 bits per heavy atom. The fourth-order valence-corrected chi connectivity index (χ4v) is 2.45. The van der Waals surface area contributed by atoms with Crippen LogP contribution < -0.4 is 10.6 Å². The minimum atomic E-state index is 0.0517. The average Bonchev–Trinajstić information content (AvgIpc) is 2.02. The van der Waals surface area contributed by atoms with Crippen molar-refractivity contribution in [3.05, 3.63) is 0 Å². The topological polar surface area (TPSA) is 41.1 Å². The molecule has 0 aliphatic carbocycles. The second-order valence-corrected chi connectivity index (χ2v) is 4.93. The molecule has 0 spiro atoms. The zero-order chi connectivity index (χ0) is 9.23. The summed E-state index contributed by atoms with van der Waals surface area (Å²) in [5.41, 5.74) is 0. The molecule has 0 fully saturated rings. The number of carbonyl (C=O) groups excluding carboxylic acids is 1. The van der Waals surface area contributed by atoms with E-state index in [9.17, 15) is 4.79 Å². The summed E-state index contributed by atoms with van der Waals surface area (Å²) >= 11 is 0. The second kappa shape index (κ2) is 9.22. The molecule has 72 valence electrons. The third-order valence-corrected chi connectivity index (χ3v) is 3.49. The van der Waals surface area contributed by atoms with Crippen LogP contribution >= 0.6 is 21.6 Å². The van der Waals surface area contributed by atoms with Gasteiger partial charge in [-0.2, -0.15) is 0 Å². The zero-order valence-electron chi connectivity index (χ0n) is 7.55. The van der Waals surface area contributed by atoms with Crippen LogP contribution in [-0.2, 0) is 4.79 Å². The summed E-state index contributed by atoms with van der Waals surface area (Å²) in [5, 5.41) is 5.82. The fraction of sp³-hybridized carbons (Fsp3) is 0.857. The van der Waals surface area contributed by atoms with Crippen molar-refractivity contribution < 1.29 is 4.79 Å². The minimum absolute atomic E-state index is 0.0517. The smallest absolute Gasteiger partial charge is 0.216 e. The van der Waals surface area contributed by atoms with E-state index in [1.54, 1.807) is 17.7 Å². The highest BCUT2D eigenvalue weighted by Crippen LogP contribution is 2.18. The Labute approximate surface area is 81.8 Å². The molecule has 0 saturated carbocycles. The number of carbonyl (C=O) groups is 1. The number of rotatable bonds is 7. The molecular weight excluding hydrogens is 192 g/mol. The van der Waals surface area contributed by atoms with E-state index in [0.29, 0.717) is 0 Å². The van der Waals surface area contributed by atoms with Crippen LogP contribution in [0.3, 0.4) is 0 Å². The first-order valence-corrected chi connectivity index (χ1v) is 6.39. The number of amides is 1. The van der Waals surface area contributed by atoms with E-state index in [1.807, 2.05) is 17.8 Å². The molecule has 12 heavy (non-hydrogen) atoms. The van der Waals surface area contributed by atoms with E-state index >= 15 is 0 Å². The normalized spacial score (nSPS) is 9.83. The average molecular weight is 208 g/mol. The number of nitrogens with one attached hydrogen (secondary N) is 2. The molecule has 0 rings (SSSR count). The first-order valence-electron chi connectivity index (χ1n) is 3.91. The molecule has 0 radical (unpaired) electrons. The number of hydrogen-bond donors (Lipinski definition) is 2. The van der Waals surface area contributed by atoms with Crippen LogP contribution in [0, 0.1) is 0 Å². The van der Waals surface area contributed by atoms with Crippen molar-refractivity contribution in [1.29, 1.82) is 0 Å². The van der Waals surface area contributed by atoms with Gasteiger partial charge in [-0.25, -0.2) is 0 Å². The zero-order valence-corrected chi connectivity index (χ0v) is 9.19. The lowest BCUT2D eigenvalue weighted by molar-refractivity contribution is -0.118. The van der Waals surface area contributed by atoms with E-state index in [0.717, 1.165) is 24.6 Å². The van der Waals surface area contributed by atoms with Gasteiger partial charge in [0.05, 0.1) is 0 Å².